The SMILES string of the molecule is CC(NCCc1ccnn1C)C1CCOC1. The third kappa shape index (κ3) is 2.83. The summed E-state index contributed by atoms with van der Waals surface area (Å²) < 4.78 is 7.33. The molecule has 2 rings (SSSR count). The first-order valence-electron chi connectivity index (χ1n) is 6.05. The van der Waals surface area contributed by atoms with E-state index in [1.807, 2.05) is 17.9 Å². The van der Waals surface area contributed by atoms with Crippen LogP contribution in [0.1, 0.15) is 19.0 Å². The molecule has 1 aliphatic heterocycles. The van der Waals surface area contributed by atoms with E-state index in [0.717, 1.165) is 26.2 Å². The first kappa shape index (κ1) is 11.6. The lowest BCUT2D eigenvalue weighted by molar-refractivity contribution is 0.178. The van der Waals surface area contributed by atoms with Gasteiger partial charge in [-0.15, -0.1) is 0 Å². The molecule has 0 aliphatic carbocycles. The van der Waals surface area contributed by atoms with E-state index < -0.39 is 0 Å². The molecule has 90 valence electrons. The van der Waals surface area contributed by atoms with Gasteiger partial charge in [0.1, 0.15) is 0 Å². The lowest BCUT2D eigenvalue weighted by Crippen LogP contribution is -2.35. The highest BCUT2D eigenvalue weighted by atomic mass is 16.5. The molecule has 1 N–H and O–H groups in total. The molecule has 1 aromatic rings. The first-order chi connectivity index (χ1) is 7.77. The summed E-state index contributed by atoms with van der Waals surface area (Å²) in [4.78, 5) is 0. The van der Waals surface area contributed by atoms with Gasteiger partial charge in [0.05, 0.1) is 6.61 Å². The smallest absolute Gasteiger partial charge is 0.0509 e. The standard InChI is InChI=1S/C12H21N3O/c1-10(11-5-8-16-9-11)13-6-3-12-4-7-14-15(12)2/h4,7,10-11,13H,3,5-6,8-9H2,1-2H3. The summed E-state index contributed by atoms with van der Waals surface area (Å²) in [5.41, 5.74) is 1.28. The molecule has 1 aromatic heterocycles. The zero-order valence-corrected chi connectivity index (χ0v) is 10.1. The number of hydrogen-bond acceptors (Lipinski definition) is 3. The monoisotopic (exact) mass is 223 g/mol. The van der Waals surface area contributed by atoms with Crippen molar-refractivity contribution in [1.82, 2.24) is 15.1 Å². The van der Waals surface area contributed by atoms with Gasteiger partial charge in [-0.2, -0.15) is 5.10 Å². The van der Waals surface area contributed by atoms with Crippen LogP contribution in [0.15, 0.2) is 12.3 Å². The van der Waals surface area contributed by atoms with Crippen LogP contribution in [0.5, 0.6) is 0 Å². The molecule has 4 heteroatoms. The summed E-state index contributed by atoms with van der Waals surface area (Å²) in [5, 5.41) is 7.73. The molecule has 0 bridgehead atoms. The number of aromatic nitrogens is 2. The highest BCUT2D eigenvalue weighted by molar-refractivity contribution is 5.00. The average molecular weight is 223 g/mol. The van der Waals surface area contributed by atoms with E-state index in [1.165, 1.54) is 12.1 Å². The van der Waals surface area contributed by atoms with Crippen molar-refractivity contribution >= 4 is 0 Å². The molecule has 1 aliphatic rings. The maximum absolute atomic E-state index is 5.40. The minimum absolute atomic E-state index is 0.552. The molecular weight excluding hydrogens is 202 g/mol. The van der Waals surface area contributed by atoms with Crippen molar-refractivity contribution in [3.63, 3.8) is 0 Å². The van der Waals surface area contributed by atoms with Crippen LogP contribution < -0.4 is 5.32 Å². The van der Waals surface area contributed by atoms with Crippen molar-refractivity contribution in [1.29, 1.82) is 0 Å². The zero-order chi connectivity index (χ0) is 11.4. The Morgan fingerprint density at radius 3 is 3.19 bits per heavy atom. The fraction of sp³-hybridized carbons (Fsp3) is 0.750. The third-order valence-electron chi connectivity index (χ3n) is 3.44. The predicted molar refractivity (Wildman–Crippen MR) is 63.3 cm³/mol. The van der Waals surface area contributed by atoms with Crippen molar-refractivity contribution in [2.45, 2.75) is 25.8 Å². The summed E-state index contributed by atoms with van der Waals surface area (Å²) in [7, 11) is 1.99. The van der Waals surface area contributed by atoms with Gasteiger partial charge in [-0.1, -0.05) is 0 Å². The second kappa shape index (κ2) is 5.46. The number of rotatable bonds is 5. The van der Waals surface area contributed by atoms with Crippen molar-refractivity contribution in [2.24, 2.45) is 13.0 Å². The van der Waals surface area contributed by atoms with Crippen LogP contribution in [0.2, 0.25) is 0 Å². The molecule has 2 atom stereocenters. The number of nitrogens with zero attached hydrogens (tertiary/aromatic N) is 2. The van der Waals surface area contributed by atoms with E-state index in [-0.39, 0.29) is 0 Å². The van der Waals surface area contributed by atoms with E-state index >= 15 is 0 Å². The molecule has 4 nitrogen and oxygen atoms in total. The van der Waals surface area contributed by atoms with Crippen LogP contribution in [0.25, 0.3) is 0 Å². The largest absolute Gasteiger partial charge is 0.381 e. The molecule has 2 heterocycles. The van der Waals surface area contributed by atoms with Crippen molar-refractivity contribution in [3.8, 4) is 0 Å². The average Bonchev–Trinajstić information content (AvgIpc) is 2.90. The maximum Gasteiger partial charge on any atom is 0.0509 e. The molecule has 0 radical (unpaired) electrons. The van der Waals surface area contributed by atoms with E-state index in [0.29, 0.717) is 12.0 Å². The first-order valence-corrected chi connectivity index (χ1v) is 6.05. The van der Waals surface area contributed by atoms with Gasteiger partial charge < -0.3 is 10.1 Å². The lowest BCUT2D eigenvalue weighted by Gasteiger charge is -2.19. The van der Waals surface area contributed by atoms with Gasteiger partial charge in [0.25, 0.3) is 0 Å². The van der Waals surface area contributed by atoms with E-state index in [2.05, 4.69) is 23.4 Å². The molecule has 16 heavy (non-hydrogen) atoms. The molecule has 0 aromatic carbocycles. The highest BCUT2D eigenvalue weighted by Gasteiger charge is 2.21. The second-order valence-corrected chi connectivity index (χ2v) is 4.56. The third-order valence-corrected chi connectivity index (χ3v) is 3.44. The Balaban J connectivity index is 1.69. The van der Waals surface area contributed by atoms with Crippen molar-refractivity contribution in [3.05, 3.63) is 18.0 Å². The summed E-state index contributed by atoms with van der Waals surface area (Å²) in [6.07, 6.45) is 4.08. The minimum atomic E-state index is 0.552. The minimum Gasteiger partial charge on any atom is -0.381 e. The molecular formula is C12H21N3O. The van der Waals surface area contributed by atoms with E-state index in [4.69, 9.17) is 4.74 Å². The van der Waals surface area contributed by atoms with E-state index in [1.54, 1.807) is 0 Å². The Hall–Kier alpha value is -0.870. The van der Waals surface area contributed by atoms with Gasteiger partial charge >= 0.3 is 0 Å². The highest BCUT2D eigenvalue weighted by Crippen LogP contribution is 2.16. The van der Waals surface area contributed by atoms with Crippen LogP contribution in [0.3, 0.4) is 0 Å². The Morgan fingerprint density at radius 1 is 1.69 bits per heavy atom. The fourth-order valence-corrected chi connectivity index (χ4v) is 2.19. The molecule has 1 fully saturated rings. The second-order valence-electron chi connectivity index (χ2n) is 4.56. The Morgan fingerprint density at radius 2 is 2.56 bits per heavy atom. The van der Waals surface area contributed by atoms with Gasteiger partial charge in [-0.25, -0.2) is 0 Å². The predicted octanol–water partition coefficient (Wildman–Crippen LogP) is 0.977. The van der Waals surface area contributed by atoms with Gasteiger partial charge in [0, 0.05) is 44.6 Å². The Bertz CT molecular complexity index is 318. The number of ether oxygens (including phenoxy) is 1. The van der Waals surface area contributed by atoms with Gasteiger partial charge in [-0.05, 0) is 25.3 Å². The summed E-state index contributed by atoms with van der Waals surface area (Å²) in [5.74, 6) is 0.687. The van der Waals surface area contributed by atoms with Crippen LogP contribution in [0, 0.1) is 5.92 Å². The van der Waals surface area contributed by atoms with Gasteiger partial charge in [-0.3, -0.25) is 4.68 Å². The normalized spacial score (nSPS) is 22.5. The van der Waals surface area contributed by atoms with Crippen LogP contribution >= 0.6 is 0 Å². The van der Waals surface area contributed by atoms with Crippen molar-refractivity contribution < 1.29 is 4.74 Å². The van der Waals surface area contributed by atoms with Crippen LogP contribution in [-0.4, -0.2) is 35.6 Å². The topological polar surface area (TPSA) is 39.1 Å². The van der Waals surface area contributed by atoms with E-state index in [9.17, 15) is 0 Å². The summed E-state index contributed by atoms with van der Waals surface area (Å²) in [6.45, 7) is 5.11. The number of nitrogens with one attached hydrogen (secondary N) is 1. The van der Waals surface area contributed by atoms with Gasteiger partial charge in [0.15, 0.2) is 0 Å². The summed E-state index contributed by atoms with van der Waals surface area (Å²) >= 11 is 0. The number of hydrogen-bond donors (Lipinski definition) is 1. The van der Waals surface area contributed by atoms with Gasteiger partial charge in [0.2, 0.25) is 0 Å². The molecule has 0 amide bonds. The molecule has 0 saturated carbocycles. The Kier molecular flexibility index (Phi) is 3.96. The fourth-order valence-electron chi connectivity index (χ4n) is 2.19. The quantitative estimate of drug-likeness (QED) is 0.808. The zero-order valence-electron chi connectivity index (χ0n) is 10.1. The number of aryl methyl sites for hydroxylation is 1. The van der Waals surface area contributed by atoms with Crippen LogP contribution in [-0.2, 0) is 18.2 Å². The van der Waals surface area contributed by atoms with Crippen LogP contribution in [0.4, 0.5) is 0 Å². The molecule has 1 saturated heterocycles. The molecule has 2 unspecified atom stereocenters. The lowest BCUT2D eigenvalue weighted by atomic mass is 10.0. The molecule has 0 spiro atoms. The summed E-state index contributed by atoms with van der Waals surface area (Å²) in [6, 6.07) is 2.63. The Labute approximate surface area is 97.0 Å². The van der Waals surface area contributed by atoms with Crippen molar-refractivity contribution in [2.75, 3.05) is 19.8 Å². The maximum atomic E-state index is 5.40.